The first-order chi connectivity index (χ1) is 15.9. The van der Waals surface area contributed by atoms with Gasteiger partial charge in [-0.15, -0.1) is 0 Å². The van der Waals surface area contributed by atoms with Gasteiger partial charge in [0.05, 0.1) is 29.4 Å². The zero-order chi connectivity index (χ0) is 23.4. The third-order valence-corrected chi connectivity index (χ3v) is 5.28. The Kier molecular flexibility index (Phi) is 6.26. The largest absolute Gasteiger partial charge is 0.378 e. The smallest absolute Gasteiger partial charge is 0.252 e. The molecule has 1 amide bonds. The van der Waals surface area contributed by atoms with Gasteiger partial charge in [0.15, 0.2) is 0 Å². The predicted molar refractivity (Wildman–Crippen MR) is 121 cm³/mol. The van der Waals surface area contributed by atoms with Crippen molar-refractivity contribution >= 4 is 29.0 Å². The van der Waals surface area contributed by atoms with Gasteiger partial charge >= 0.3 is 0 Å². The van der Waals surface area contributed by atoms with Crippen molar-refractivity contribution in [1.29, 1.82) is 5.26 Å². The summed E-state index contributed by atoms with van der Waals surface area (Å²) in [6.45, 7) is 2.45. The van der Waals surface area contributed by atoms with Crippen LogP contribution in [0.15, 0.2) is 42.9 Å². The molecule has 0 spiro atoms. The Bertz CT molecular complexity index is 1200. The second-order valence-electron chi connectivity index (χ2n) is 7.61. The van der Waals surface area contributed by atoms with Gasteiger partial charge in [-0.1, -0.05) is 0 Å². The number of aromatic nitrogens is 4. The SMILES string of the molecule is Cc1nccc(Nc2cc(N[C@@H]3CCN(c4ccc(C#N)cn4)C[C@@H]3F)c(C(N)=O)cn2)n1. The van der Waals surface area contributed by atoms with Gasteiger partial charge in [-0.05, 0) is 31.5 Å². The molecule has 3 aromatic heterocycles. The lowest BCUT2D eigenvalue weighted by molar-refractivity contribution is 0.100. The van der Waals surface area contributed by atoms with Crippen molar-refractivity contribution in [2.24, 2.45) is 5.73 Å². The number of nitrogens with two attached hydrogens (primary N) is 1. The van der Waals surface area contributed by atoms with E-state index in [1.54, 1.807) is 37.4 Å². The highest BCUT2D eigenvalue weighted by molar-refractivity contribution is 5.98. The lowest BCUT2D eigenvalue weighted by Crippen LogP contribution is -2.48. The van der Waals surface area contributed by atoms with Crippen LogP contribution in [-0.2, 0) is 0 Å². The first-order valence-corrected chi connectivity index (χ1v) is 10.3. The van der Waals surface area contributed by atoms with Crippen LogP contribution in [0.4, 0.5) is 27.5 Å². The third kappa shape index (κ3) is 5.12. The van der Waals surface area contributed by atoms with Crippen LogP contribution in [0.3, 0.4) is 0 Å². The number of anilines is 4. The number of nitriles is 1. The Hall–Kier alpha value is -4.33. The third-order valence-electron chi connectivity index (χ3n) is 5.28. The van der Waals surface area contributed by atoms with Crippen molar-refractivity contribution < 1.29 is 9.18 Å². The van der Waals surface area contributed by atoms with E-state index in [4.69, 9.17) is 11.0 Å². The van der Waals surface area contributed by atoms with Gasteiger partial charge in [-0.2, -0.15) is 5.26 Å². The van der Waals surface area contributed by atoms with Crippen molar-refractivity contribution in [2.45, 2.75) is 25.6 Å². The molecule has 0 aliphatic carbocycles. The Morgan fingerprint density at radius 3 is 2.76 bits per heavy atom. The molecule has 1 aliphatic rings. The number of pyridine rings is 2. The minimum Gasteiger partial charge on any atom is -0.378 e. The second-order valence-corrected chi connectivity index (χ2v) is 7.61. The van der Waals surface area contributed by atoms with Crippen LogP contribution >= 0.6 is 0 Å². The molecule has 1 fully saturated rings. The van der Waals surface area contributed by atoms with E-state index in [2.05, 4.69) is 30.6 Å². The van der Waals surface area contributed by atoms with E-state index in [-0.39, 0.29) is 12.1 Å². The standard InChI is InChI=1S/C22H22FN9O/c1-13-26-6-4-19(29-13)31-20-8-18(15(11-27-20)22(25)33)30-17-5-7-32(12-16(17)23)21-3-2-14(9-24)10-28-21/h2-4,6,8,10-11,16-17H,5,7,12H2,1H3,(H2,25,33)(H2,26,27,29,30,31)/t16-,17+/m0/s1. The zero-order valence-electron chi connectivity index (χ0n) is 17.9. The summed E-state index contributed by atoms with van der Waals surface area (Å²) in [5.74, 6) is 1.51. The number of hydrogen-bond acceptors (Lipinski definition) is 9. The lowest BCUT2D eigenvalue weighted by atomic mass is 10.0. The summed E-state index contributed by atoms with van der Waals surface area (Å²) in [7, 11) is 0. The van der Waals surface area contributed by atoms with E-state index in [9.17, 15) is 4.79 Å². The molecule has 4 N–H and O–H groups in total. The first kappa shape index (κ1) is 21.9. The first-order valence-electron chi connectivity index (χ1n) is 10.3. The van der Waals surface area contributed by atoms with E-state index in [0.717, 1.165) is 0 Å². The number of piperidine rings is 1. The summed E-state index contributed by atoms with van der Waals surface area (Å²) < 4.78 is 15.1. The van der Waals surface area contributed by atoms with Crippen molar-refractivity contribution in [2.75, 3.05) is 28.6 Å². The number of nitrogens with one attached hydrogen (secondary N) is 2. The lowest BCUT2D eigenvalue weighted by Gasteiger charge is -2.36. The molecule has 4 heterocycles. The normalized spacial score (nSPS) is 17.8. The van der Waals surface area contributed by atoms with Crippen molar-refractivity contribution in [3.8, 4) is 6.07 Å². The summed E-state index contributed by atoms with van der Waals surface area (Å²) in [5.41, 5.74) is 6.52. The molecule has 33 heavy (non-hydrogen) atoms. The maximum Gasteiger partial charge on any atom is 0.252 e. The van der Waals surface area contributed by atoms with Gasteiger partial charge in [0, 0.05) is 31.2 Å². The quantitative estimate of drug-likeness (QED) is 0.518. The number of amides is 1. The number of halogens is 1. The Morgan fingerprint density at radius 2 is 2.09 bits per heavy atom. The van der Waals surface area contributed by atoms with Gasteiger partial charge in [0.2, 0.25) is 0 Å². The van der Waals surface area contributed by atoms with Crippen LogP contribution in [0.25, 0.3) is 0 Å². The fourth-order valence-corrected chi connectivity index (χ4v) is 3.61. The van der Waals surface area contributed by atoms with Gasteiger partial charge in [0.25, 0.3) is 5.91 Å². The average Bonchev–Trinajstić information content (AvgIpc) is 2.80. The number of rotatable bonds is 6. The molecule has 0 saturated carbocycles. The molecule has 0 aromatic carbocycles. The van der Waals surface area contributed by atoms with Gasteiger partial charge < -0.3 is 21.3 Å². The van der Waals surface area contributed by atoms with Crippen LogP contribution in [0.2, 0.25) is 0 Å². The van der Waals surface area contributed by atoms with Gasteiger partial charge in [0.1, 0.15) is 35.5 Å². The second kappa shape index (κ2) is 9.44. The molecule has 4 rings (SSSR count). The molecule has 0 bridgehead atoms. The minimum absolute atomic E-state index is 0.124. The van der Waals surface area contributed by atoms with Crippen molar-refractivity contribution in [1.82, 2.24) is 19.9 Å². The van der Waals surface area contributed by atoms with Gasteiger partial charge in [-0.3, -0.25) is 4.79 Å². The summed E-state index contributed by atoms with van der Waals surface area (Å²) in [4.78, 5) is 30.5. The van der Waals surface area contributed by atoms with Crippen molar-refractivity contribution in [3.63, 3.8) is 0 Å². The summed E-state index contributed by atoms with van der Waals surface area (Å²) in [6, 6.07) is 8.15. The minimum atomic E-state index is -1.23. The monoisotopic (exact) mass is 447 g/mol. The molecular formula is C22H22FN9O. The Morgan fingerprint density at radius 1 is 1.24 bits per heavy atom. The highest BCUT2D eigenvalue weighted by Gasteiger charge is 2.30. The maximum absolute atomic E-state index is 15.1. The molecule has 11 heteroatoms. The fourth-order valence-electron chi connectivity index (χ4n) is 3.61. The van der Waals surface area contributed by atoms with Crippen LogP contribution in [-0.4, -0.2) is 51.1 Å². The molecular weight excluding hydrogens is 425 g/mol. The molecule has 1 aliphatic heterocycles. The Labute approximate surface area is 189 Å². The van der Waals surface area contributed by atoms with Gasteiger partial charge in [-0.25, -0.2) is 24.3 Å². The molecule has 0 radical (unpaired) electrons. The molecule has 10 nitrogen and oxygen atoms in total. The molecule has 2 atom stereocenters. The number of hydrogen-bond donors (Lipinski definition) is 3. The Balaban J connectivity index is 1.49. The number of carbonyl (C=O) groups is 1. The van der Waals surface area contributed by atoms with E-state index in [0.29, 0.717) is 47.5 Å². The molecule has 0 unspecified atom stereocenters. The highest BCUT2D eigenvalue weighted by Crippen LogP contribution is 2.26. The fraction of sp³-hybridized carbons (Fsp3) is 0.273. The van der Waals surface area contributed by atoms with Crippen LogP contribution in [0, 0.1) is 18.3 Å². The number of aryl methyl sites for hydroxylation is 1. The van der Waals surface area contributed by atoms with E-state index >= 15 is 4.39 Å². The maximum atomic E-state index is 15.1. The van der Waals surface area contributed by atoms with Crippen molar-refractivity contribution in [3.05, 3.63) is 59.8 Å². The number of alkyl halides is 1. The highest BCUT2D eigenvalue weighted by atomic mass is 19.1. The van der Waals surface area contributed by atoms with E-state index in [1.165, 1.54) is 12.4 Å². The van der Waals surface area contributed by atoms with Crippen LogP contribution in [0.1, 0.15) is 28.2 Å². The molecule has 1 saturated heterocycles. The summed E-state index contributed by atoms with van der Waals surface area (Å²) in [5, 5.41) is 15.1. The topological polar surface area (TPSA) is 146 Å². The van der Waals surface area contributed by atoms with Crippen LogP contribution in [0.5, 0.6) is 0 Å². The molecule has 168 valence electrons. The van der Waals surface area contributed by atoms with E-state index in [1.807, 2.05) is 11.0 Å². The average molecular weight is 447 g/mol. The van der Waals surface area contributed by atoms with Crippen LogP contribution < -0.4 is 21.3 Å². The van der Waals surface area contributed by atoms with E-state index < -0.39 is 18.1 Å². The zero-order valence-corrected chi connectivity index (χ0v) is 17.9. The molecule has 3 aromatic rings. The number of carbonyl (C=O) groups excluding carboxylic acids is 1. The summed E-state index contributed by atoms with van der Waals surface area (Å²) in [6.07, 6.45) is 3.68. The number of primary amides is 1. The summed E-state index contributed by atoms with van der Waals surface area (Å²) >= 11 is 0. The predicted octanol–water partition coefficient (Wildman–Crippen LogP) is 2.32. The number of nitrogens with zero attached hydrogens (tertiary/aromatic N) is 6.